The van der Waals surface area contributed by atoms with Crippen LogP contribution in [0.3, 0.4) is 0 Å². The van der Waals surface area contributed by atoms with E-state index in [0.717, 1.165) is 23.7 Å². The van der Waals surface area contributed by atoms with Crippen LogP contribution in [-0.2, 0) is 24.8 Å². The number of rotatable bonds is 7. The SMILES string of the molecule is CCn1c(Cc2cccn2C)nnc1SCC(=O)Nc1ccc(F)cc1F. The van der Waals surface area contributed by atoms with E-state index < -0.39 is 17.5 Å². The summed E-state index contributed by atoms with van der Waals surface area (Å²) >= 11 is 1.22. The number of aromatic nitrogens is 4. The average molecular weight is 391 g/mol. The molecule has 0 aliphatic rings. The fourth-order valence-electron chi connectivity index (χ4n) is 2.62. The Morgan fingerprint density at radius 3 is 2.74 bits per heavy atom. The Bertz CT molecular complexity index is 953. The molecule has 0 unspecified atom stereocenters. The maximum atomic E-state index is 13.6. The first-order valence-corrected chi connectivity index (χ1v) is 9.36. The van der Waals surface area contributed by atoms with Crippen LogP contribution in [0.5, 0.6) is 0 Å². The van der Waals surface area contributed by atoms with Gasteiger partial charge in [-0.1, -0.05) is 11.8 Å². The summed E-state index contributed by atoms with van der Waals surface area (Å²) in [5, 5.41) is 11.5. The molecule has 0 spiro atoms. The Kier molecular flexibility index (Phi) is 5.90. The van der Waals surface area contributed by atoms with Gasteiger partial charge < -0.3 is 14.5 Å². The zero-order valence-corrected chi connectivity index (χ0v) is 15.8. The number of nitrogens with one attached hydrogen (secondary N) is 1. The van der Waals surface area contributed by atoms with Gasteiger partial charge in [-0.15, -0.1) is 10.2 Å². The molecule has 0 saturated carbocycles. The monoisotopic (exact) mass is 391 g/mol. The maximum absolute atomic E-state index is 13.6. The first-order valence-electron chi connectivity index (χ1n) is 8.38. The number of carbonyl (C=O) groups excluding carboxylic acids is 1. The number of carbonyl (C=O) groups is 1. The average Bonchev–Trinajstić information content (AvgIpc) is 3.22. The van der Waals surface area contributed by atoms with E-state index in [4.69, 9.17) is 0 Å². The van der Waals surface area contributed by atoms with Gasteiger partial charge in [-0.2, -0.15) is 0 Å². The van der Waals surface area contributed by atoms with E-state index in [1.165, 1.54) is 17.8 Å². The number of hydrogen-bond acceptors (Lipinski definition) is 4. The fourth-order valence-corrected chi connectivity index (χ4v) is 3.44. The van der Waals surface area contributed by atoms with Crippen molar-refractivity contribution in [3.05, 3.63) is 59.7 Å². The first kappa shape index (κ1) is 19.1. The summed E-state index contributed by atoms with van der Waals surface area (Å²) < 4.78 is 30.5. The Morgan fingerprint density at radius 2 is 2.07 bits per heavy atom. The van der Waals surface area contributed by atoms with Gasteiger partial charge in [0.2, 0.25) is 5.91 Å². The molecule has 1 N–H and O–H groups in total. The fraction of sp³-hybridized carbons (Fsp3) is 0.278. The Morgan fingerprint density at radius 1 is 1.26 bits per heavy atom. The van der Waals surface area contributed by atoms with Gasteiger partial charge in [-0.3, -0.25) is 4.79 Å². The molecule has 2 heterocycles. The lowest BCUT2D eigenvalue weighted by molar-refractivity contribution is -0.113. The third kappa shape index (κ3) is 4.54. The number of hydrogen-bond donors (Lipinski definition) is 1. The highest BCUT2D eigenvalue weighted by molar-refractivity contribution is 7.99. The number of halogens is 2. The zero-order chi connectivity index (χ0) is 19.4. The molecule has 0 fully saturated rings. The third-order valence-electron chi connectivity index (χ3n) is 4.04. The summed E-state index contributed by atoms with van der Waals surface area (Å²) in [4.78, 5) is 12.1. The van der Waals surface area contributed by atoms with Crippen molar-refractivity contribution in [1.29, 1.82) is 0 Å². The minimum atomic E-state index is -0.810. The Labute approximate surface area is 159 Å². The summed E-state index contributed by atoms with van der Waals surface area (Å²) in [7, 11) is 1.97. The maximum Gasteiger partial charge on any atom is 0.234 e. The summed E-state index contributed by atoms with van der Waals surface area (Å²) in [5.74, 6) is -1.05. The van der Waals surface area contributed by atoms with E-state index >= 15 is 0 Å². The standard InChI is InChI=1S/C18H19F2N5OS/c1-3-25-16(10-13-5-4-8-24(13)2)22-23-18(25)27-11-17(26)21-15-7-6-12(19)9-14(15)20/h4-9H,3,10-11H2,1-2H3,(H,21,26). The van der Waals surface area contributed by atoms with Crippen LogP contribution in [0.4, 0.5) is 14.5 Å². The molecule has 27 heavy (non-hydrogen) atoms. The van der Waals surface area contributed by atoms with Gasteiger partial charge in [0.05, 0.1) is 11.4 Å². The molecule has 142 valence electrons. The van der Waals surface area contributed by atoms with Crippen LogP contribution < -0.4 is 5.32 Å². The largest absolute Gasteiger partial charge is 0.354 e. The Hall–Kier alpha value is -2.68. The second-order valence-electron chi connectivity index (χ2n) is 5.89. The van der Waals surface area contributed by atoms with E-state index in [9.17, 15) is 13.6 Å². The summed E-state index contributed by atoms with van der Waals surface area (Å²) in [6, 6.07) is 7.00. The second kappa shape index (κ2) is 8.34. The number of nitrogens with zero attached hydrogens (tertiary/aromatic N) is 4. The number of amides is 1. The molecule has 1 aromatic carbocycles. The molecular weight excluding hydrogens is 372 g/mol. The number of benzene rings is 1. The van der Waals surface area contributed by atoms with Gasteiger partial charge in [0.1, 0.15) is 17.5 Å². The number of anilines is 1. The minimum absolute atomic E-state index is 0.0408. The minimum Gasteiger partial charge on any atom is -0.354 e. The van der Waals surface area contributed by atoms with Crippen molar-refractivity contribution >= 4 is 23.4 Å². The highest BCUT2D eigenvalue weighted by Crippen LogP contribution is 2.20. The van der Waals surface area contributed by atoms with E-state index in [1.807, 2.05) is 41.4 Å². The van der Waals surface area contributed by atoms with Gasteiger partial charge in [0.25, 0.3) is 0 Å². The Balaban J connectivity index is 1.63. The first-order chi connectivity index (χ1) is 13.0. The van der Waals surface area contributed by atoms with E-state index in [1.54, 1.807) is 0 Å². The lowest BCUT2D eigenvalue weighted by Gasteiger charge is -2.09. The van der Waals surface area contributed by atoms with Gasteiger partial charge in [-0.05, 0) is 31.2 Å². The molecule has 2 aromatic heterocycles. The molecule has 1 amide bonds. The second-order valence-corrected chi connectivity index (χ2v) is 6.83. The van der Waals surface area contributed by atoms with Gasteiger partial charge >= 0.3 is 0 Å². The normalized spacial score (nSPS) is 11.0. The number of thioether (sulfide) groups is 1. The van der Waals surface area contributed by atoms with Crippen LogP contribution in [0.1, 0.15) is 18.4 Å². The van der Waals surface area contributed by atoms with Crippen LogP contribution in [0.25, 0.3) is 0 Å². The molecule has 0 aliphatic heterocycles. The molecule has 3 aromatic rings. The van der Waals surface area contributed by atoms with Gasteiger partial charge in [0.15, 0.2) is 5.16 Å². The predicted molar refractivity (Wildman–Crippen MR) is 99.6 cm³/mol. The van der Waals surface area contributed by atoms with Crippen LogP contribution in [0, 0.1) is 11.6 Å². The molecule has 9 heteroatoms. The van der Waals surface area contributed by atoms with Crippen LogP contribution >= 0.6 is 11.8 Å². The molecule has 0 atom stereocenters. The van der Waals surface area contributed by atoms with E-state index in [2.05, 4.69) is 15.5 Å². The lowest BCUT2D eigenvalue weighted by Crippen LogP contribution is -2.16. The molecule has 0 aliphatic carbocycles. The molecular formula is C18H19F2N5OS. The van der Waals surface area contributed by atoms with Crippen LogP contribution in [-0.4, -0.2) is 31.0 Å². The lowest BCUT2D eigenvalue weighted by atomic mass is 10.3. The summed E-state index contributed by atoms with van der Waals surface area (Å²) in [6.45, 7) is 2.65. The van der Waals surface area contributed by atoms with Crippen molar-refractivity contribution in [2.24, 2.45) is 7.05 Å². The van der Waals surface area contributed by atoms with Gasteiger partial charge in [-0.25, -0.2) is 8.78 Å². The molecule has 6 nitrogen and oxygen atoms in total. The summed E-state index contributed by atoms with van der Waals surface area (Å²) in [5.41, 5.74) is 1.06. The van der Waals surface area contributed by atoms with Crippen molar-refractivity contribution in [2.75, 3.05) is 11.1 Å². The molecule has 3 rings (SSSR count). The molecule has 0 saturated heterocycles. The number of aryl methyl sites for hydroxylation is 1. The van der Waals surface area contributed by atoms with Crippen LogP contribution in [0.15, 0.2) is 41.7 Å². The predicted octanol–water partition coefficient (Wildman–Crippen LogP) is 3.24. The van der Waals surface area contributed by atoms with E-state index in [-0.39, 0.29) is 11.4 Å². The quantitative estimate of drug-likeness (QED) is 0.628. The molecule has 0 bridgehead atoms. The molecule has 0 radical (unpaired) electrons. The van der Waals surface area contributed by atoms with Crippen molar-refractivity contribution in [3.63, 3.8) is 0 Å². The van der Waals surface area contributed by atoms with E-state index in [0.29, 0.717) is 18.1 Å². The smallest absolute Gasteiger partial charge is 0.234 e. The van der Waals surface area contributed by atoms with Gasteiger partial charge in [0, 0.05) is 38.0 Å². The van der Waals surface area contributed by atoms with Crippen molar-refractivity contribution < 1.29 is 13.6 Å². The van der Waals surface area contributed by atoms with Crippen molar-refractivity contribution in [3.8, 4) is 0 Å². The highest BCUT2D eigenvalue weighted by atomic mass is 32.2. The highest BCUT2D eigenvalue weighted by Gasteiger charge is 2.15. The van der Waals surface area contributed by atoms with Crippen LogP contribution in [0.2, 0.25) is 0 Å². The third-order valence-corrected chi connectivity index (χ3v) is 5.00. The summed E-state index contributed by atoms with van der Waals surface area (Å²) in [6.07, 6.45) is 2.61. The topological polar surface area (TPSA) is 64.7 Å². The van der Waals surface area contributed by atoms with Crippen molar-refractivity contribution in [2.45, 2.75) is 25.0 Å². The zero-order valence-electron chi connectivity index (χ0n) is 14.9. The van der Waals surface area contributed by atoms with Crippen molar-refractivity contribution in [1.82, 2.24) is 19.3 Å².